The lowest BCUT2D eigenvalue weighted by molar-refractivity contribution is -0.267. The van der Waals surface area contributed by atoms with Gasteiger partial charge < -0.3 is 9.52 Å². The zero-order valence-electron chi connectivity index (χ0n) is 7.74. The molecule has 2 aromatic rings. The van der Waals surface area contributed by atoms with Crippen LogP contribution in [-0.2, 0) is 6.42 Å². The fraction of sp³-hybridized carbons (Fsp3) is 0.182. The number of fused-ring (bicyclic) bond motifs is 1. The topological polar surface area (TPSA) is 53.3 Å². The molecule has 0 aliphatic heterocycles. The van der Waals surface area contributed by atoms with Crippen molar-refractivity contribution in [3.05, 3.63) is 40.2 Å². The highest BCUT2D eigenvalue weighted by Crippen LogP contribution is 2.23. The molecule has 0 unspecified atom stereocenters. The van der Waals surface area contributed by atoms with Crippen LogP contribution in [0, 0.1) is 0 Å². The van der Waals surface area contributed by atoms with Gasteiger partial charge in [-0.1, -0.05) is 30.9 Å². The molecule has 3 heteroatoms. The van der Waals surface area contributed by atoms with Crippen LogP contribution in [0.15, 0.2) is 33.5 Å². The van der Waals surface area contributed by atoms with Crippen LogP contribution in [0.3, 0.4) is 0 Å². The molecule has 0 bridgehead atoms. The fourth-order valence-electron chi connectivity index (χ4n) is 1.46. The first kappa shape index (κ1) is 8.81. The van der Waals surface area contributed by atoms with Gasteiger partial charge in [-0.2, -0.15) is 0 Å². The van der Waals surface area contributed by atoms with E-state index in [0.29, 0.717) is 17.4 Å². The van der Waals surface area contributed by atoms with Crippen molar-refractivity contribution in [3.63, 3.8) is 0 Å². The average molecular weight is 189 g/mol. The third-order valence-electron chi connectivity index (χ3n) is 2.21. The molecule has 0 aliphatic carbocycles. The Morgan fingerprint density at radius 1 is 1.36 bits per heavy atom. The Morgan fingerprint density at radius 2 is 2.07 bits per heavy atom. The molecule has 2 rings (SSSR count). The minimum Gasteiger partial charge on any atom is -0.872 e. The quantitative estimate of drug-likeness (QED) is 0.637. The summed E-state index contributed by atoms with van der Waals surface area (Å²) in [6.07, 6.45) is 0.409. The van der Waals surface area contributed by atoms with Crippen molar-refractivity contribution in [1.82, 2.24) is 0 Å². The van der Waals surface area contributed by atoms with Gasteiger partial charge in [0.05, 0.1) is 0 Å². The summed E-state index contributed by atoms with van der Waals surface area (Å²) in [5, 5.41) is 12.2. The Balaban J connectivity index is 2.93. The van der Waals surface area contributed by atoms with Crippen LogP contribution in [0.2, 0.25) is 0 Å². The standard InChI is InChI=1S/C11H10O3/c1-2-7-10(12)8-5-3-4-6-9(8)14-11(7)13/h3-6,12H,2H2,1H3/p-1. The predicted octanol–water partition coefficient (Wildman–Crippen LogP) is 1.43. The molecule has 1 aromatic carbocycles. The highest BCUT2D eigenvalue weighted by molar-refractivity contribution is 5.83. The highest BCUT2D eigenvalue weighted by atomic mass is 16.4. The van der Waals surface area contributed by atoms with Gasteiger partial charge in [0.25, 0.3) is 0 Å². The van der Waals surface area contributed by atoms with Crippen LogP contribution < -0.4 is 10.7 Å². The first-order chi connectivity index (χ1) is 6.74. The normalized spacial score (nSPS) is 10.6. The van der Waals surface area contributed by atoms with Crippen molar-refractivity contribution in [3.8, 4) is 5.75 Å². The number of hydrogen-bond acceptors (Lipinski definition) is 3. The summed E-state index contributed by atoms with van der Waals surface area (Å²) < 4.78 is 5.01. The van der Waals surface area contributed by atoms with Crippen molar-refractivity contribution in [2.24, 2.45) is 0 Å². The first-order valence-electron chi connectivity index (χ1n) is 4.45. The molecule has 1 aromatic heterocycles. The Morgan fingerprint density at radius 3 is 2.79 bits per heavy atom. The summed E-state index contributed by atoms with van der Waals surface area (Å²) in [5.41, 5.74) is 0.0691. The van der Waals surface area contributed by atoms with E-state index in [1.165, 1.54) is 0 Å². The number of rotatable bonds is 1. The SMILES string of the molecule is CCc1c([O-])c2ccccc2oc1=O. The van der Waals surface area contributed by atoms with E-state index in [1.54, 1.807) is 31.2 Å². The van der Waals surface area contributed by atoms with Crippen molar-refractivity contribution < 1.29 is 9.52 Å². The average Bonchev–Trinajstić information content (AvgIpc) is 2.18. The van der Waals surface area contributed by atoms with Gasteiger partial charge in [-0.25, -0.2) is 4.79 Å². The third-order valence-corrected chi connectivity index (χ3v) is 2.21. The molecule has 0 fully saturated rings. The van der Waals surface area contributed by atoms with E-state index in [4.69, 9.17) is 4.42 Å². The van der Waals surface area contributed by atoms with Crippen LogP contribution in [0.1, 0.15) is 12.5 Å². The second-order valence-corrected chi connectivity index (χ2v) is 3.05. The van der Waals surface area contributed by atoms with Crippen LogP contribution in [0.4, 0.5) is 0 Å². The van der Waals surface area contributed by atoms with Gasteiger partial charge in [-0.05, 0) is 12.5 Å². The number of para-hydroxylation sites is 1. The van der Waals surface area contributed by atoms with Crippen molar-refractivity contribution >= 4 is 11.0 Å². The van der Waals surface area contributed by atoms with Crippen molar-refractivity contribution in [1.29, 1.82) is 0 Å². The van der Waals surface area contributed by atoms with E-state index in [-0.39, 0.29) is 11.3 Å². The molecular formula is C11H9O3-. The maximum absolute atomic E-state index is 11.7. The maximum atomic E-state index is 11.7. The van der Waals surface area contributed by atoms with E-state index in [1.807, 2.05) is 0 Å². The minimum absolute atomic E-state index is 0.209. The van der Waals surface area contributed by atoms with E-state index < -0.39 is 5.63 Å². The van der Waals surface area contributed by atoms with Crippen molar-refractivity contribution in [2.45, 2.75) is 13.3 Å². The Hall–Kier alpha value is -1.77. The second-order valence-electron chi connectivity index (χ2n) is 3.05. The molecule has 0 amide bonds. The van der Waals surface area contributed by atoms with Crippen molar-refractivity contribution in [2.75, 3.05) is 0 Å². The zero-order chi connectivity index (χ0) is 10.1. The smallest absolute Gasteiger partial charge is 0.338 e. The molecule has 0 spiro atoms. The van der Waals surface area contributed by atoms with Gasteiger partial charge in [0.2, 0.25) is 0 Å². The molecule has 72 valence electrons. The van der Waals surface area contributed by atoms with Crippen LogP contribution >= 0.6 is 0 Å². The molecule has 3 nitrogen and oxygen atoms in total. The van der Waals surface area contributed by atoms with Crippen LogP contribution in [0.5, 0.6) is 5.75 Å². The largest absolute Gasteiger partial charge is 0.872 e. The molecule has 0 aliphatic rings. The van der Waals surface area contributed by atoms with Crippen LogP contribution in [0.25, 0.3) is 11.0 Å². The van der Waals surface area contributed by atoms with Gasteiger partial charge in [0.15, 0.2) is 0 Å². The van der Waals surface area contributed by atoms with Crippen LogP contribution in [-0.4, -0.2) is 0 Å². The van der Waals surface area contributed by atoms with Gasteiger partial charge in [-0.3, -0.25) is 0 Å². The first-order valence-corrected chi connectivity index (χ1v) is 4.45. The predicted molar refractivity (Wildman–Crippen MR) is 51.3 cm³/mol. The van der Waals surface area contributed by atoms with Gasteiger partial charge in [0.1, 0.15) is 5.58 Å². The Bertz CT molecular complexity index is 526. The van der Waals surface area contributed by atoms with Gasteiger partial charge >= 0.3 is 5.63 Å². The molecule has 1 heterocycles. The second kappa shape index (κ2) is 3.18. The maximum Gasteiger partial charge on any atom is 0.338 e. The summed E-state index contributed by atoms with van der Waals surface area (Å²) >= 11 is 0. The molecule has 0 saturated carbocycles. The lowest BCUT2D eigenvalue weighted by Crippen LogP contribution is -2.11. The summed E-state index contributed by atoms with van der Waals surface area (Å²) in [6.45, 7) is 1.77. The highest BCUT2D eigenvalue weighted by Gasteiger charge is 2.04. The van der Waals surface area contributed by atoms with E-state index >= 15 is 0 Å². The van der Waals surface area contributed by atoms with Gasteiger partial charge in [-0.15, -0.1) is 0 Å². The molecule has 0 atom stereocenters. The lowest BCUT2D eigenvalue weighted by Gasteiger charge is -2.12. The number of hydrogen-bond donors (Lipinski definition) is 0. The van der Waals surface area contributed by atoms with Gasteiger partial charge in [0, 0.05) is 10.9 Å². The van der Waals surface area contributed by atoms with E-state index in [0.717, 1.165) is 0 Å². The lowest BCUT2D eigenvalue weighted by atomic mass is 10.1. The molecule has 0 saturated heterocycles. The molecule has 0 N–H and O–H groups in total. The molecular weight excluding hydrogens is 180 g/mol. The fourth-order valence-corrected chi connectivity index (χ4v) is 1.46. The number of benzene rings is 1. The summed E-state index contributed by atoms with van der Waals surface area (Å²) in [5.74, 6) is -0.209. The van der Waals surface area contributed by atoms with E-state index in [9.17, 15) is 9.90 Å². The Labute approximate surface area is 80.6 Å². The molecule has 14 heavy (non-hydrogen) atoms. The monoisotopic (exact) mass is 189 g/mol. The van der Waals surface area contributed by atoms with E-state index in [2.05, 4.69) is 0 Å². The molecule has 0 radical (unpaired) electrons. The summed E-state index contributed by atoms with van der Waals surface area (Å²) in [4.78, 5) is 11.3. The summed E-state index contributed by atoms with van der Waals surface area (Å²) in [6, 6.07) is 6.77. The zero-order valence-corrected chi connectivity index (χ0v) is 7.74. The minimum atomic E-state index is -0.517. The summed E-state index contributed by atoms with van der Waals surface area (Å²) in [7, 11) is 0. The third kappa shape index (κ3) is 1.18. The Kier molecular flexibility index (Phi) is 2.00.